The van der Waals surface area contributed by atoms with E-state index in [0.29, 0.717) is 6.42 Å². The van der Waals surface area contributed by atoms with Crippen LogP contribution in [0.4, 0.5) is 0 Å². The molecule has 1 aliphatic carbocycles. The highest BCUT2D eigenvalue weighted by Crippen LogP contribution is 2.34. The van der Waals surface area contributed by atoms with Gasteiger partial charge >= 0.3 is 0 Å². The number of rotatable bonds is 6. The van der Waals surface area contributed by atoms with E-state index in [0.717, 1.165) is 32.1 Å². The van der Waals surface area contributed by atoms with Crippen molar-refractivity contribution in [2.75, 3.05) is 6.61 Å². The molecule has 3 heteroatoms. The minimum Gasteiger partial charge on any atom is -0.394 e. The Labute approximate surface area is 79.5 Å². The van der Waals surface area contributed by atoms with Crippen molar-refractivity contribution in [2.24, 2.45) is 0 Å². The molecule has 0 radical (unpaired) electrons. The number of aliphatic hydroxyl groups is 1. The molecule has 0 aromatic heterocycles. The summed E-state index contributed by atoms with van der Waals surface area (Å²) in [5.74, 6) is 0.0972. The number of aliphatic hydroxyl groups excluding tert-OH is 1. The Morgan fingerprint density at radius 1 is 1.46 bits per heavy atom. The zero-order chi connectivity index (χ0) is 9.73. The summed E-state index contributed by atoms with van der Waals surface area (Å²) in [5, 5.41) is 11.8. The van der Waals surface area contributed by atoms with Gasteiger partial charge in [-0.2, -0.15) is 0 Å². The highest BCUT2D eigenvalue weighted by atomic mass is 16.3. The second kappa shape index (κ2) is 4.61. The van der Waals surface area contributed by atoms with Crippen molar-refractivity contribution in [3.05, 3.63) is 0 Å². The van der Waals surface area contributed by atoms with Crippen LogP contribution in [0.15, 0.2) is 0 Å². The molecular weight excluding hydrogens is 166 g/mol. The molecule has 13 heavy (non-hydrogen) atoms. The summed E-state index contributed by atoms with van der Waals surface area (Å²) in [7, 11) is 0. The lowest BCUT2D eigenvalue weighted by atomic mass is 10.2. The van der Waals surface area contributed by atoms with E-state index in [1.165, 1.54) is 0 Å². The number of hydrogen-bond donors (Lipinski definition) is 2. The first kappa shape index (κ1) is 10.5. The number of carbonyl (C=O) groups excluding carboxylic acids is 1. The van der Waals surface area contributed by atoms with Crippen molar-refractivity contribution >= 4 is 5.91 Å². The quantitative estimate of drug-likeness (QED) is 0.611. The summed E-state index contributed by atoms with van der Waals surface area (Å²) in [6, 6.07) is 0. The smallest absolute Gasteiger partial charge is 0.220 e. The van der Waals surface area contributed by atoms with Gasteiger partial charge in [-0.05, 0) is 19.3 Å². The molecular formula is C10H19NO2. The molecule has 1 aliphatic rings. The minimum absolute atomic E-state index is 0.0898. The summed E-state index contributed by atoms with van der Waals surface area (Å²) in [5.41, 5.74) is -0.233. The predicted molar refractivity (Wildman–Crippen MR) is 51.3 cm³/mol. The van der Waals surface area contributed by atoms with Gasteiger partial charge in [0.05, 0.1) is 12.1 Å². The number of carbonyl (C=O) groups is 1. The third-order valence-corrected chi connectivity index (χ3v) is 2.57. The SMILES string of the molecule is CCCCCC(=O)NC1(CO)CC1. The number of amides is 1. The molecule has 1 fully saturated rings. The lowest BCUT2D eigenvalue weighted by Gasteiger charge is -2.13. The zero-order valence-electron chi connectivity index (χ0n) is 8.31. The van der Waals surface area contributed by atoms with Crippen LogP contribution in [0.3, 0.4) is 0 Å². The zero-order valence-corrected chi connectivity index (χ0v) is 8.31. The van der Waals surface area contributed by atoms with Crippen molar-refractivity contribution < 1.29 is 9.90 Å². The van der Waals surface area contributed by atoms with Crippen LogP contribution in [-0.4, -0.2) is 23.2 Å². The Morgan fingerprint density at radius 2 is 2.15 bits per heavy atom. The van der Waals surface area contributed by atoms with Gasteiger partial charge < -0.3 is 10.4 Å². The van der Waals surface area contributed by atoms with Gasteiger partial charge in [-0.1, -0.05) is 19.8 Å². The molecule has 0 aliphatic heterocycles. The Morgan fingerprint density at radius 3 is 2.62 bits per heavy atom. The fourth-order valence-electron chi connectivity index (χ4n) is 1.37. The standard InChI is InChI=1S/C10H19NO2/c1-2-3-4-5-9(13)11-10(8-12)6-7-10/h12H,2-8H2,1H3,(H,11,13). The fraction of sp³-hybridized carbons (Fsp3) is 0.900. The van der Waals surface area contributed by atoms with Crippen molar-refractivity contribution in [2.45, 2.75) is 51.0 Å². The van der Waals surface area contributed by atoms with Crippen molar-refractivity contribution in [1.29, 1.82) is 0 Å². The van der Waals surface area contributed by atoms with Crippen LogP contribution in [0.5, 0.6) is 0 Å². The van der Waals surface area contributed by atoms with E-state index in [4.69, 9.17) is 5.11 Å². The average Bonchev–Trinajstić information content (AvgIpc) is 2.86. The summed E-state index contributed by atoms with van der Waals surface area (Å²) in [4.78, 5) is 11.3. The molecule has 0 saturated heterocycles. The number of hydrogen-bond acceptors (Lipinski definition) is 2. The van der Waals surface area contributed by atoms with E-state index in [2.05, 4.69) is 12.2 Å². The van der Waals surface area contributed by atoms with Gasteiger partial charge in [0.2, 0.25) is 5.91 Å². The second-order valence-electron chi connectivity index (χ2n) is 3.94. The van der Waals surface area contributed by atoms with E-state index in [-0.39, 0.29) is 18.1 Å². The van der Waals surface area contributed by atoms with Crippen LogP contribution in [0.2, 0.25) is 0 Å². The molecule has 76 valence electrons. The summed E-state index contributed by atoms with van der Waals surface area (Å²) < 4.78 is 0. The van der Waals surface area contributed by atoms with Crippen LogP contribution in [0, 0.1) is 0 Å². The maximum absolute atomic E-state index is 11.3. The molecule has 0 aromatic rings. The van der Waals surface area contributed by atoms with E-state index < -0.39 is 0 Å². The van der Waals surface area contributed by atoms with Gasteiger partial charge in [0.1, 0.15) is 0 Å². The average molecular weight is 185 g/mol. The van der Waals surface area contributed by atoms with Crippen molar-refractivity contribution in [3.8, 4) is 0 Å². The monoisotopic (exact) mass is 185 g/mol. The van der Waals surface area contributed by atoms with Crippen molar-refractivity contribution in [3.63, 3.8) is 0 Å². The first-order valence-electron chi connectivity index (χ1n) is 5.14. The summed E-state index contributed by atoms with van der Waals surface area (Å²) >= 11 is 0. The van der Waals surface area contributed by atoms with Crippen LogP contribution < -0.4 is 5.32 Å². The molecule has 0 spiro atoms. The van der Waals surface area contributed by atoms with Gasteiger partial charge in [-0.3, -0.25) is 4.79 Å². The Kier molecular flexibility index (Phi) is 3.72. The van der Waals surface area contributed by atoms with Crippen molar-refractivity contribution in [1.82, 2.24) is 5.32 Å². The lowest BCUT2D eigenvalue weighted by Crippen LogP contribution is -2.39. The molecule has 0 aromatic carbocycles. The molecule has 2 N–H and O–H groups in total. The van der Waals surface area contributed by atoms with Gasteiger partial charge in [-0.15, -0.1) is 0 Å². The second-order valence-corrected chi connectivity index (χ2v) is 3.94. The molecule has 1 saturated carbocycles. The molecule has 0 heterocycles. The van der Waals surface area contributed by atoms with Gasteiger partial charge in [0.25, 0.3) is 0 Å². The van der Waals surface area contributed by atoms with Crippen LogP contribution in [-0.2, 0) is 4.79 Å². The molecule has 0 atom stereocenters. The van der Waals surface area contributed by atoms with Gasteiger partial charge in [0, 0.05) is 6.42 Å². The molecule has 1 rings (SSSR count). The van der Waals surface area contributed by atoms with Gasteiger partial charge in [-0.25, -0.2) is 0 Å². The fourth-order valence-corrected chi connectivity index (χ4v) is 1.37. The van der Waals surface area contributed by atoms with E-state index in [1.807, 2.05) is 0 Å². The van der Waals surface area contributed by atoms with Crippen LogP contribution >= 0.6 is 0 Å². The molecule has 0 unspecified atom stereocenters. The Hall–Kier alpha value is -0.570. The summed E-state index contributed by atoms with van der Waals surface area (Å²) in [6.45, 7) is 2.21. The number of nitrogens with one attached hydrogen (secondary N) is 1. The van der Waals surface area contributed by atoms with E-state index >= 15 is 0 Å². The normalized spacial score (nSPS) is 18.3. The first-order chi connectivity index (χ1) is 6.22. The van der Waals surface area contributed by atoms with Crippen LogP contribution in [0.25, 0.3) is 0 Å². The largest absolute Gasteiger partial charge is 0.394 e. The number of unbranched alkanes of at least 4 members (excludes halogenated alkanes) is 2. The Bertz CT molecular complexity index is 176. The lowest BCUT2D eigenvalue weighted by molar-refractivity contribution is -0.122. The first-order valence-corrected chi connectivity index (χ1v) is 5.14. The highest BCUT2D eigenvalue weighted by molar-refractivity contribution is 5.77. The predicted octanol–water partition coefficient (Wildman–Crippen LogP) is 1.21. The summed E-state index contributed by atoms with van der Waals surface area (Å²) in [6.07, 6.45) is 5.68. The third-order valence-electron chi connectivity index (χ3n) is 2.57. The molecule has 3 nitrogen and oxygen atoms in total. The Balaban J connectivity index is 2.11. The van der Waals surface area contributed by atoms with Gasteiger partial charge in [0.15, 0.2) is 0 Å². The maximum atomic E-state index is 11.3. The topological polar surface area (TPSA) is 49.3 Å². The molecule has 1 amide bonds. The third kappa shape index (κ3) is 3.35. The highest BCUT2D eigenvalue weighted by Gasteiger charge is 2.43. The molecule has 0 bridgehead atoms. The minimum atomic E-state index is -0.233. The van der Waals surface area contributed by atoms with Crippen LogP contribution in [0.1, 0.15) is 45.4 Å². The van der Waals surface area contributed by atoms with E-state index in [1.54, 1.807) is 0 Å². The maximum Gasteiger partial charge on any atom is 0.220 e. The van der Waals surface area contributed by atoms with E-state index in [9.17, 15) is 4.79 Å².